The molecule has 0 N–H and O–H groups in total. The maximum atomic E-state index is 9.42. The fraction of sp³-hybridized carbons (Fsp3) is 0.167. The molecule has 0 unspecified atom stereocenters. The summed E-state index contributed by atoms with van der Waals surface area (Å²) in [6.45, 7) is 19.6. The van der Waals surface area contributed by atoms with Gasteiger partial charge in [0.2, 0.25) is 0 Å². The van der Waals surface area contributed by atoms with E-state index >= 15 is 0 Å². The SMILES string of the molecule is Cc1cc(C)c(C2=C3C=CC(=N3)C(c3ccc(SC#N)cc3)=C3C=CC(=N3)C(c3c(C)cc(C)cc3C)=C3C=CC(=N3)C(c3c(C)cc(C)cc3C)=C3C=CC2=N3)c(C)c1. The lowest BCUT2D eigenvalue weighted by Crippen LogP contribution is -2.07. The van der Waals surface area contributed by atoms with E-state index in [-0.39, 0.29) is 0 Å². The summed E-state index contributed by atoms with van der Waals surface area (Å²) in [5.41, 5.74) is 25.7. The third kappa shape index (κ3) is 6.79. The van der Waals surface area contributed by atoms with E-state index in [0.717, 1.165) is 107 Å². The van der Waals surface area contributed by atoms with E-state index in [1.807, 2.05) is 12.1 Å². The molecule has 5 aliphatic heterocycles. The summed E-state index contributed by atoms with van der Waals surface area (Å²) in [6, 6.07) is 21.6. The Hall–Kier alpha value is -6.68. The third-order valence-corrected chi connectivity index (χ3v) is 12.3. The minimum atomic E-state index is 0.810. The van der Waals surface area contributed by atoms with Crippen LogP contribution in [-0.2, 0) is 0 Å². The molecule has 8 bridgehead atoms. The Bertz CT molecular complexity index is 2940. The number of thioether (sulfide) groups is 1. The highest BCUT2D eigenvalue weighted by Crippen LogP contribution is 2.42. The molecule has 0 radical (unpaired) electrons. The highest BCUT2D eigenvalue weighted by molar-refractivity contribution is 8.03. The normalized spacial score (nSPS) is 16.7. The summed E-state index contributed by atoms with van der Waals surface area (Å²) in [7, 11) is 0. The maximum absolute atomic E-state index is 9.42. The van der Waals surface area contributed by atoms with Crippen LogP contribution in [0, 0.1) is 73.0 Å². The van der Waals surface area contributed by atoms with E-state index < -0.39 is 0 Å². The lowest BCUT2D eigenvalue weighted by Gasteiger charge is -2.18. The monoisotopic (exact) mass is 795 g/mol. The zero-order chi connectivity index (χ0) is 42.0. The Labute approximate surface area is 357 Å². The van der Waals surface area contributed by atoms with Gasteiger partial charge in [0, 0.05) is 27.2 Å². The number of aryl methyl sites for hydroxylation is 9. The fourth-order valence-electron chi connectivity index (χ4n) is 9.62. The first-order valence-corrected chi connectivity index (χ1v) is 21.2. The number of allylic oxidation sites excluding steroid dienone is 12. The minimum absolute atomic E-state index is 0.810. The second kappa shape index (κ2) is 15.2. The van der Waals surface area contributed by atoms with Gasteiger partial charge < -0.3 is 0 Å². The van der Waals surface area contributed by atoms with Gasteiger partial charge >= 0.3 is 0 Å². The number of nitriles is 1. The van der Waals surface area contributed by atoms with Crippen LogP contribution in [0.1, 0.15) is 72.3 Å². The smallest absolute Gasteiger partial charge is 0.138 e. The zero-order valence-corrected chi connectivity index (χ0v) is 36.4. The molecule has 0 aromatic heterocycles. The van der Waals surface area contributed by atoms with Crippen LogP contribution in [0.15, 0.2) is 157 Å². The number of hydrogen-bond acceptors (Lipinski definition) is 6. The summed E-state index contributed by atoms with van der Waals surface area (Å²) in [5.74, 6) is 0. The molecule has 0 spiro atoms. The van der Waals surface area contributed by atoms with Crippen molar-refractivity contribution in [2.45, 2.75) is 67.2 Å². The van der Waals surface area contributed by atoms with Crippen molar-refractivity contribution in [3.05, 3.63) is 204 Å². The summed E-state index contributed by atoms with van der Waals surface area (Å²) >= 11 is 1.15. The number of aliphatic imine (C=N–C) groups is 4. The molecular formula is C54H45N5S. The van der Waals surface area contributed by atoms with Gasteiger partial charge in [-0.3, -0.25) is 0 Å². The topological polar surface area (TPSA) is 73.2 Å². The van der Waals surface area contributed by atoms with Crippen LogP contribution < -0.4 is 0 Å². The first-order valence-electron chi connectivity index (χ1n) is 20.3. The Kier molecular flexibility index (Phi) is 9.81. The predicted molar refractivity (Wildman–Crippen MR) is 254 cm³/mol. The average Bonchev–Trinajstić information content (AvgIpc) is 4.02. The molecule has 4 aromatic rings. The standard InChI is InChI=1S/C54H45N5S/c1-29-22-32(4)48(33(5)23-29)52-42-16-14-40(56-42)51(38-10-12-39(13-11-38)60-28-55)41-15-17-43(57-41)53(49-34(6)24-30(2)25-35(49)7)45-19-21-47(59-45)54(46-20-18-44(52)58-46)50-36(8)26-31(3)27-37(50)9/h10-27H,1-9H3. The number of thiocyanates is 1. The molecule has 5 aliphatic rings. The third-order valence-electron chi connectivity index (χ3n) is 11.7. The van der Waals surface area contributed by atoms with E-state index in [1.165, 1.54) is 50.1 Å². The second-order valence-corrected chi connectivity index (χ2v) is 17.3. The molecule has 9 rings (SSSR count). The Morgan fingerprint density at radius 1 is 0.383 bits per heavy atom. The van der Waals surface area contributed by atoms with Gasteiger partial charge in [0.1, 0.15) is 5.40 Å². The molecule has 0 amide bonds. The summed E-state index contributed by atoms with van der Waals surface area (Å²) in [6.07, 6.45) is 17.1. The van der Waals surface area contributed by atoms with E-state index in [9.17, 15) is 5.26 Å². The molecular weight excluding hydrogens is 751 g/mol. The molecule has 292 valence electrons. The highest BCUT2D eigenvalue weighted by atomic mass is 32.2. The second-order valence-electron chi connectivity index (χ2n) is 16.4. The van der Waals surface area contributed by atoms with Crippen LogP contribution in [0.2, 0.25) is 0 Å². The van der Waals surface area contributed by atoms with E-state index in [0.29, 0.717) is 0 Å². The highest BCUT2D eigenvalue weighted by Gasteiger charge is 2.30. The average molecular weight is 796 g/mol. The molecule has 5 heterocycles. The Morgan fingerprint density at radius 2 is 0.667 bits per heavy atom. The van der Waals surface area contributed by atoms with E-state index in [2.05, 4.69) is 165 Å². The number of benzene rings is 4. The summed E-state index contributed by atoms with van der Waals surface area (Å²) < 4.78 is 0. The van der Waals surface area contributed by atoms with Crippen molar-refractivity contribution in [1.29, 1.82) is 5.26 Å². The minimum Gasteiger partial charge on any atom is -0.248 e. The van der Waals surface area contributed by atoms with Gasteiger partial charge in [0.25, 0.3) is 0 Å². The molecule has 0 fully saturated rings. The predicted octanol–water partition coefficient (Wildman–Crippen LogP) is 13.0. The molecule has 0 saturated heterocycles. The zero-order valence-electron chi connectivity index (χ0n) is 35.5. The molecule has 6 heteroatoms. The quantitative estimate of drug-likeness (QED) is 0.149. The van der Waals surface area contributed by atoms with Crippen molar-refractivity contribution < 1.29 is 0 Å². The summed E-state index contributed by atoms with van der Waals surface area (Å²) in [5, 5.41) is 11.6. The van der Waals surface area contributed by atoms with Crippen LogP contribution in [0.5, 0.6) is 0 Å². The van der Waals surface area contributed by atoms with Gasteiger partial charge in [0.15, 0.2) is 0 Å². The first-order chi connectivity index (χ1) is 28.9. The van der Waals surface area contributed by atoms with E-state index in [1.54, 1.807) is 0 Å². The number of rotatable bonds is 5. The first kappa shape index (κ1) is 38.8. The molecule has 60 heavy (non-hydrogen) atoms. The molecule has 0 saturated carbocycles. The van der Waals surface area contributed by atoms with Crippen molar-refractivity contribution in [3.63, 3.8) is 0 Å². The molecule has 4 aromatic carbocycles. The molecule has 0 atom stereocenters. The maximum Gasteiger partial charge on any atom is 0.138 e. The number of hydrogen-bond donors (Lipinski definition) is 0. The van der Waals surface area contributed by atoms with Crippen molar-refractivity contribution in [3.8, 4) is 5.40 Å². The van der Waals surface area contributed by atoms with E-state index in [4.69, 9.17) is 20.0 Å². The molecule has 5 nitrogen and oxygen atoms in total. The van der Waals surface area contributed by atoms with Crippen molar-refractivity contribution >= 4 is 56.9 Å². The fourth-order valence-corrected chi connectivity index (χ4v) is 9.99. The van der Waals surface area contributed by atoms with Gasteiger partial charge in [-0.15, -0.1) is 0 Å². The lowest BCUT2D eigenvalue weighted by molar-refractivity contribution is 1.28. The van der Waals surface area contributed by atoms with Gasteiger partial charge in [-0.05, 0) is 190 Å². The van der Waals surface area contributed by atoms with Gasteiger partial charge in [-0.2, -0.15) is 5.26 Å². The van der Waals surface area contributed by atoms with Crippen LogP contribution in [-0.4, -0.2) is 22.8 Å². The van der Waals surface area contributed by atoms with Crippen LogP contribution in [0.25, 0.3) is 22.3 Å². The molecule has 0 aliphatic carbocycles. The van der Waals surface area contributed by atoms with Gasteiger partial charge in [-0.1, -0.05) is 65.2 Å². The van der Waals surface area contributed by atoms with Crippen LogP contribution >= 0.6 is 11.8 Å². The lowest BCUT2D eigenvalue weighted by atomic mass is 9.89. The largest absolute Gasteiger partial charge is 0.248 e. The van der Waals surface area contributed by atoms with Crippen molar-refractivity contribution in [1.82, 2.24) is 0 Å². The van der Waals surface area contributed by atoms with Crippen molar-refractivity contribution in [2.75, 3.05) is 0 Å². The van der Waals surface area contributed by atoms with Crippen LogP contribution in [0.3, 0.4) is 0 Å². The van der Waals surface area contributed by atoms with Crippen LogP contribution in [0.4, 0.5) is 0 Å². The van der Waals surface area contributed by atoms with Gasteiger partial charge in [0.05, 0.1) is 45.6 Å². The van der Waals surface area contributed by atoms with Gasteiger partial charge in [-0.25, -0.2) is 20.0 Å². The number of fused-ring (bicyclic) bond motifs is 4. The Balaban J connectivity index is 1.41. The summed E-state index contributed by atoms with van der Waals surface area (Å²) in [4.78, 5) is 23.0. The number of nitrogens with zero attached hydrogens (tertiary/aromatic N) is 5. The van der Waals surface area contributed by atoms with Crippen molar-refractivity contribution in [2.24, 2.45) is 20.0 Å². The Morgan fingerprint density at radius 3 is 0.967 bits per heavy atom.